The van der Waals surface area contributed by atoms with Crippen LogP contribution in [0, 0.1) is 25.2 Å². The van der Waals surface area contributed by atoms with Gasteiger partial charge in [0, 0.05) is 6.54 Å². The average Bonchev–Trinajstić information content (AvgIpc) is 2.82. The van der Waals surface area contributed by atoms with Gasteiger partial charge in [0.05, 0.1) is 12.0 Å². The summed E-state index contributed by atoms with van der Waals surface area (Å²) in [6.45, 7) is 7.39. The van der Waals surface area contributed by atoms with Crippen LogP contribution >= 0.6 is 0 Å². The molecule has 0 radical (unpaired) electrons. The van der Waals surface area contributed by atoms with Gasteiger partial charge in [0.2, 0.25) is 0 Å². The lowest BCUT2D eigenvalue weighted by Gasteiger charge is -2.20. The quantitative estimate of drug-likeness (QED) is 0.795. The second-order valence-electron chi connectivity index (χ2n) is 5.05. The zero-order chi connectivity index (χ0) is 12.3. The molecule has 0 saturated carbocycles. The molecule has 1 aliphatic rings. The van der Waals surface area contributed by atoms with Gasteiger partial charge in [0.15, 0.2) is 0 Å². The second kappa shape index (κ2) is 5.33. The first-order valence-electron chi connectivity index (χ1n) is 6.40. The molecule has 1 atom stereocenters. The highest BCUT2D eigenvalue weighted by Crippen LogP contribution is 2.23. The Bertz CT molecular complexity index is 425. The Hall–Kier alpha value is -1.33. The molecule has 1 fully saturated rings. The van der Waals surface area contributed by atoms with Crippen LogP contribution in [0.3, 0.4) is 0 Å². The van der Waals surface area contributed by atoms with E-state index < -0.39 is 0 Å². The summed E-state index contributed by atoms with van der Waals surface area (Å²) in [6, 6.07) is 8.88. The number of likely N-dealkylation sites (tertiary alicyclic amines) is 1. The fraction of sp³-hybridized carbons (Fsp3) is 0.533. The average molecular weight is 228 g/mol. The first-order chi connectivity index (χ1) is 8.20. The van der Waals surface area contributed by atoms with Gasteiger partial charge in [-0.05, 0) is 50.9 Å². The molecule has 1 heterocycles. The predicted molar refractivity (Wildman–Crippen MR) is 69.9 cm³/mol. The van der Waals surface area contributed by atoms with Gasteiger partial charge < -0.3 is 4.90 Å². The van der Waals surface area contributed by atoms with Gasteiger partial charge in [-0.25, -0.2) is 0 Å². The maximum atomic E-state index is 9.38. The Morgan fingerprint density at radius 1 is 1.29 bits per heavy atom. The highest BCUT2D eigenvalue weighted by atomic mass is 15.1. The summed E-state index contributed by atoms with van der Waals surface area (Å²) in [7, 11) is 0. The molecular weight excluding hydrogens is 208 g/mol. The van der Waals surface area contributed by atoms with Crippen molar-refractivity contribution in [3.8, 4) is 6.07 Å². The largest absolute Gasteiger partial charge is 0.302 e. The van der Waals surface area contributed by atoms with Gasteiger partial charge in [-0.3, -0.25) is 0 Å². The zero-order valence-electron chi connectivity index (χ0n) is 10.7. The van der Waals surface area contributed by atoms with E-state index in [1.165, 1.54) is 29.5 Å². The number of rotatable bonds is 3. The summed E-state index contributed by atoms with van der Waals surface area (Å²) in [5, 5.41) is 9.38. The number of hydrogen-bond acceptors (Lipinski definition) is 2. The van der Waals surface area contributed by atoms with Crippen molar-refractivity contribution in [1.82, 2.24) is 4.90 Å². The summed E-state index contributed by atoms with van der Waals surface area (Å²) >= 11 is 0. The van der Waals surface area contributed by atoms with Crippen LogP contribution in [0.5, 0.6) is 0 Å². The van der Waals surface area contributed by atoms with E-state index in [0.717, 1.165) is 19.6 Å². The van der Waals surface area contributed by atoms with Gasteiger partial charge in [-0.15, -0.1) is 0 Å². The van der Waals surface area contributed by atoms with Crippen LogP contribution < -0.4 is 0 Å². The van der Waals surface area contributed by atoms with E-state index in [4.69, 9.17) is 0 Å². The summed E-state index contributed by atoms with van der Waals surface area (Å²) in [5.41, 5.74) is 3.69. The Balaban J connectivity index is 2.16. The number of nitriles is 1. The number of benzene rings is 1. The molecular formula is C15H20N2. The number of aryl methyl sites for hydroxylation is 2. The van der Waals surface area contributed by atoms with Crippen molar-refractivity contribution in [1.29, 1.82) is 5.26 Å². The maximum Gasteiger partial charge on any atom is 0.0842 e. The molecule has 0 aliphatic carbocycles. The smallest absolute Gasteiger partial charge is 0.0842 e. The Morgan fingerprint density at radius 2 is 2.00 bits per heavy atom. The van der Waals surface area contributed by atoms with Crippen LogP contribution in [0.4, 0.5) is 0 Å². The molecule has 0 aromatic heterocycles. The molecule has 0 N–H and O–H groups in total. The predicted octanol–water partition coefficient (Wildman–Crippen LogP) is 3.01. The summed E-state index contributed by atoms with van der Waals surface area (Å²) in [5.74, 6) is 0.0213. The molecule has 1 saturated heterocycles. The molecule has 0 spiro atoms. The lowest BCUT2D eigenvalue weighted by Crippen LogP contribution is -2.25. The monoisotopic (exact) mass is 228 g/mol. The molecule has 2 rings (SSSR count). The highest BCUT2D eigenvalue weighted by Gasteiger charge is 2.19. The molecule has 2 heteroatoms. The van der Waals surface area contributed by atoms with Crippen LogP contribution in [-0.2, 0) is 0 Å². The van der Waals surface area contributed by atoms with Crippen LogP contribution in [0.1, 0.15) is 35.4 Å². The van der Waals surface area contributed by atoms with Crippen molar-refractivity contribution in [2.75, 3.05) is 19.6 Å². The SMILES string of the molecule is Cc1ccc(C)c(C(C#N)CN2CCCC2)c1. The topological polar surface area (TPSA) is 27.0 Å². The van der Waals surface area contributed by atoms with Crippen molar-refractivity contribution in [3.05, 3.63) is 34.9 Å². The fourth-order valence-corrected chi connectivity index (χ4v) is 2.57. The van der Waals surface area contributed by atoms with Gasteiger partial charge >= 0.3 is 0 Å². The van der Waals surface area contributed by atoms with E-state index in [-0.39, 0.29) is 5.92 Å². The van der Waals surface area contributed by atoms with E-state index in [2.05, 4.69) is 43.0 Å². The van der Waals surface area contributed by atoms with Crippen molar-refractivity contribution in [2.45, 2.75) is 32.6 Å². The lowest BCUT2D eigenvalue weighted by atomic mass is 9.94. The van der Waals surface area contributed by atoms with E-state index in [0.29, 0.717) is 0 Å². The van der Waals surface area contributed by atoms with Gasteiger partial charge in [-0.1, -0.05) is 23.8 Å². The van der Waals surface area contributed by atoms with Crippen molar-refractivity contribution >= 4 is 0 Å². The van der Waals surface area contributed by atoms with E-state index in [1.807, 2.05) is 0 Å². The molecule has 17 heavy (non-hydrogen) atoms. The normalized spacial score (nSPS) is 17.9. The third-order valence-corrected chi connectivity index (χ3v) is 3.61. The third-order valence-electron chi connectivity index (χ3n) is 3.61. The standard InChI is InChI=1S/C15H20N2/c1-12-5-6-13(2)15(9-12)14(10-16)11-17-7-3-4-8-17/h5-6,9,14H,3-4,7-8,11H2,1-2H3. The minimum Gasteiger partial charge on any atom is -0.302 e. The maximum absolute atomic E-state index is 9.38. The first kappa shape index (κ1) is 12.1. The van der Waals surface area contributed by atoms with Gasteiger partial charge in [0.25, 0.3) is 0 Å². The minimum absolute atomic E-state index is 0.0213. The van der Waals surface area contributed by atoms with Gasteiger partial charge in [-0.2, -0.15) is 5.26 Å². The van der Waals surface area contributed by atoms with Crippen molar-refractivity contribution in [2.24, 2.45) is 0 Å². The van der Waals surface area contributed by atoms with Crippen molar-refractivity contribution < 1.29 is 0 Å². The summed E-state index contributed by atoms with van der Waals surface area (Å²) in [4.78, 5) is 2.41. The zero-order valence-corrected chi connectivity index (χ0v) is 10.7. The molecule has 0 bridgehead atoms. The highest BCUT2D eigenvalue weighted by molar-refractivity contribution is 5.36. The lowest BCUT2D eigenvalue weighted by molar-refractivity contribution is 0.331. The molecule has 2 nitrogen and oxygen atoms in total. The van der Waals surface area contributed by atoms with E-state index in [9.17, 15) is 5.26 Å². The Labute approximate surface area is 104 Å². The minimum atomic E-state index is 0.0213. The van der Waals surface area contributed by atoms with Crippen LogP contribution in [0.15, 0.2) is 18.2 Å². The molecule has 90 valence electrons. The Morgan fingerprint density at radius 3 is 2.65 bits per heavy atom. The van der Waals surface area contributed by atoms with Crippen molar-refractivity contribution in [3.63, 3.8) is 0 Å². The third kappa shape index (κ3) is 2.87. The summed E-state index contributed by atoms with van der Waals surface area (Å²) < 4.78 is 0. The first-order valence-corrected chi connectivity index (χ1v) is 6.40. The van der Waals surface area contributed by atoms with E-state index in [1.54, 1.807) is 0 Å². The van der Waals surface area contributed by atoms with E-state index >= 15 is 0 Å². The molecule has 1 aliphatic heterocycles. The summed E-state index contributed by atoms with van der Waals surface area (Å²) in [6.07, 6.45) is 2.57. The van der Waals surface area contributed by atoms with Crippen LogP contribution in [0.25, 0.3) is 0 Å². The van der Waals surface area contributed by atoms with Gasteiger partial charge in [0.1, 0.15) is 0 Å². The van der Waals surface area contributed by atoms with Crippen LogP contribution in [-0.4, -0.2) is 24.5 Å². The second-order valence-corrected chi connectivity index (χ2v) is 5.05. The molecule has 1 aromatic carbocycles. The van der Waals surface area contributed by atoms with Crippen LogP contribution in [0.2, 0.25) is 0 Å². The molecule has 1 aromatic rings. The molecule has 0 amide bonds. The number of nitrogens with zero attached hydrogens (tertiary/aromatic N) is 2. The number of hydrogen-bond donors (Lipinski definition) is 0. The molecule has 1 unspecified atom stereocenters. The fourth-order valence-electron chi connectivity index (χ4n) is 2.57. The Kier molecular flexibility index (Phi) is 3.81.